The summed E-state index contributed by atoms with van der Waals surface area (Å²) in [4.78, 5) is 0. The van der Waals surface area contributed by atoms with Gasteiger partial charge in [0.15, 0.2) is 0 Å². The first kappa shape index (κ1) is 11.1. The van der Waals surface area contributed by atoms with Crippen molar-refractivity contribution < 1.29 is 0 Å². The third-order valence-electron chi connectivity index (χ3n) is 2.29. The van der Waals surface area contributed by atoms with Crippen molar-refractivity contribution in [3.63, 3.8) is 0 Å². The zero-order valence-corrected chi connectivity index (χ0v) is 11.3. The molecule has 1 aromatic rings. The maximum absolute atomic E-state index is 4.24. The van der Waals surface area contributed by atoms with Gasteiger partial charge in [0.05, 0.1) is 0 Å². The summed E-state index contributed by atoms with van der Waals surface area (Å²) in [5, 5.41) is 10.5. The fourth-order valence-electron chi connectivity index (χ4n) is 1.48. The molecule has 15 heavy (non-hydrogen) atoms. The standard InChI is InChI=1S/C10H11Br2N3/c11-8-4-3-5-9(12)10(8)13-14-15-6-1-2-7-15/h3-5H,1-2,6-7H2. The summed E-state index contributed by atoms with van der Waals surface area (Å²) in [6.45, 7) is 2.04. The van der Waals surface area contributed by atoms with Crippen LogP contribution in [0.5, 0.6) is 0 Å². The highest BCUT2D eigenvalue weighted by Crippen LogP contribution is 2.33. The summed E-state index contributed by atoms with van der Waals surface area (Å²) in [6, 6.07) is 5.88. The van der Waals surface area contributed by atoms with Gasteiger partial charge in [0.1, 0.15) is 5.69 Å². The molecule has 1 heterocycles. The maximum Gasteiger partial charge on any atom is 0.116 e. The molecule has 80 valence electrons. The molecule has 1 aromatic carbocycles. The van der Waals surface area contributed by atoms with Crippen molar-refractivity contribution in [2.45, 2.75) is 12.8 Å². The average Bonchev–Trinajstić information content (AvgIpc) is 2.70. The van der Waals surface area contributed by atoms with E-state index >= 15 is 0 Å². The molecular weight excluding hydrogens is 322 g/mol. The van der Waals surface area contributed by atoms with Crippen LogP contribution in [0.3, 0.4) is 0 Å². The van der Waals surface area contributed by atoms with Gasteiger partial charge in [-0.15, -0.1) is 5.11 Å². The van der Waals surface area contributed by atoms with E-state index in [1.165, 1.54) is 12.8 Å². The zero-order chi connectivity index (χ0) is 10.7. The Balaban J connectivity index is 2.15. The van der Waals surface area contributed by atoms with Crippen LogP contribution in [0.25, 0.3) is 0 Å². The second-order valence-electron chi connectivity index (χ2n) is 3.42. The molecule has 0 aromatic heterocycles. The van der Waals surface area contributed by atoms with Crippen LogP contribution in [-0.2, 0) is 0 Å². The van der Waals surface area contributed by atoms with E-state index in [1.54, 1.807) is 0 Å². The number of benzene rings is 1. The minimum Gasteiger partial charge on any atom is -0.278 e. The monoisotopic (exact) mass is 331 g/mol. The molecule has 2 rings (SSSR count). The van der Waals surface area contributed by atoms with E-state index in [9.17, 15) is 0 Å². The lowest BCUT2D eigenvalue weighted by molar-refractivity contribution is 0.336. The predicted molar refractivity (Wildman–Crippen MR) is 67.2 cm³/mol. The fraction of sp³-hybridized carbons (Fsp3) is 0.400. The molecule has 0 radical (unpaired) electrons. The first-order valence-corrected chi connectivity index (χ1v) is 6.46. The van der Waals surface area contributed by atoms with Crippen LogP contribution >= 0.6 is 31.9 Å². The van der Waals surface area contributed by atoms with Crippen LogP contribution in [0, 0.1) is 0 Å². The normalized spacial score (nSPS) is 16.5. The lowest BCUT2D eigenvalue weighted by Crippen LogP contribution is -2.09. The molecular formula is C10H11Br2N3. The highest BCUT2D eigenvalue weighted by molar-refractivity contribution is 9.11. The molecule has 1 aliphatic heterocycles. The Bertz CT molecular complexity index is 353. The lowest BCUT2D eigenvalue weighted by Gasteiger charge is -2.07. The molecule has 3 nitrogen and oxygen atoms in total. The van der Waals surface area contributed by atoms with Gasteiger partial charge in [-0.2, -0.15) is 0 Å². The summed E-state index contributed by atoms with van der Waals surface area (Å²) < 4.78 is 1.92. The molecule has 0 N–H and O–H groups in total. The Labute approximate surface area is 106 Å². The van der Waals surface area contributed by atoms with Crippen LogP contribution in [-0.4, -0.2) is 18.1 Å². The number of hydrogen-bond acceptors (Lipinski definition) is 2. The topological polar surface area (TPSA) is 28.0 Å². The summed E-state index contributed by atoms with van der Waals surface area (Å²) >= 11 is 6.91. The molecule has 0 spiro atoms. The van der Waals surface area contributed by atoms with E-state index in [4.69, 9.17) is 0 Å². The molecule has 1 fully saturated rings. The van der Waals surface area contributed by atoms with Crippen molar-refractivity contribution in [2.75, 3.05) is 13.1 Å². The van der Waals surface area contributed by atoms with Gasteiger partial charge in [-0.25, -0.2) is 0 Å². The van der Waals surface area contributed by atoms with E-state index in [0.717, 1.165) is 27.7 Å². The van der Waals surface area contributed by atoms with Gasteiger partial charge in [-0.05, 0) is 56.8 Å². The van der Waals surface area contributed by atoms with Crippen LogP contribution in [0.15, 0.2) is 37.5 Å². The molecule has 0 unspecified atom stereocenters. The van der Waals surface area contributed by atoms with Crippen LogP contribution in [0.2, 0.25) is 0 Å². The van der Waals surface area contributed by atoms with Gasteiger partial charge >= 0.3 is 0 Å². The summed E-state index contributed by atoms with van der Waals surface area (Å²) in [7, 11) is 0. The number of nitrogens with zero attached hydrogens (tertiary/aromatic N) is 3. The Morgan fingerprint density at radius 2 is 1.67 bits per heavy atom. The van der Waals surface area contributed by atoms with Gasteiger partial charge in [0.2, 0.25) is 0 Å². The highest BCUT2D eigenvalue weighted by atomic mass is 79.9. The second-order valence-corrected chi connectivity index (χ2v) is 5.13. The molecule has 1 saturated heterocycles. The first-order chi connectivity index (χ1) is 7.27. The molecule has 5 heteroatoms. The third kappa shape index (κ3) is 2.78. The Morgan fingerprint density at radius 1 is 1.07 bits per heavy atom. The number of halogens is 2. The van der Waals surface area contributed by atoms with Crippen LogP contribution < -0.4 is 0 Å². The van der Waals surface area contributed by atoms with Crippen molar-refractivity contribution in [1.29, 1.82) is 0 Å². The van der Waals surface area contributed by atoms with Gasteiger partial charge < -0.3 is 0 Å². The van der Waals surface area contributed by atoms with E-state index in [0.29, 0.717) is 0 Å². The van der Waals surface area contributed by atoms with Crippen molar-refractivity contribution in [3.8, 4) is 0 Å². The Morgan fingerprint density at radius 3 is 2.27 bits per heavy atom. The minimum atomic E-state index is 0.851. The largest absolute Gasteiger partial charge is 0.278 e. The van der Waals surface area contributed by atoms with Gasteiger partial charge in [0.25, 0.3) is 0 Å². The molecule has 0 atom stereocenters. The predicted octanol–water partition coefficient (Wildman–Crippen LogP) is 4.31. The van der Waals surface area contributed by atoms with Crippen LogP contribution in [0.1, 0.15) is 12.8 Å². The summed E-state index contributed by atoms with van der Waals surface area (Å²) in [6.07, 6.45) is 2.44. The van der Waals surface area contributed by atoms with Crippen molar-refractivity contribution in [2.24, 2.45) is 10.3 Å². The number of rotatable bonds is 2. The van der Waals surface area contributed by atoms with Crippen LogP contribution in [0.4, 0.5) is 5.69 Å². The first-order valence-electron chi connectivity index (χ1n) is 4.88. The van der Waals surface area contributed by atoms with Gasteiger partial charge in [-0.1, -0.05) is 11.3 Å². The van der Waals surface area contributed by atoms with Crippen molar-refractivity contribution in [1.82, 2.24) is 5.01 Å². The lowest BCUT2D eigenvalue weighted by atomic mass is 10.3. The van der Waals surface area contributed by atoms with E-state index in [1.807, 2.05) is 23.2 Å². The van der Waals surface area contributed by atoms with Gasteiger partial charge in [-0.3, -0.25) is 5.01 Å². The molecule has 0 bridgehead atoms. The smallest absolute Gasteiger partial charge is 0.116 e. The molecule has 0 saturated carbocycles. The average molecular weight is 333 g/mol. The minimum absolute atomic E-state index is 0.851. The fourth-order valence-corrected chi connectivity index (χ4v) is 2.64. The maximum atomic E-state index is 4.24. The summed E-state index contributed by atoms with van der Waals surface area (Å²) in [5.41, 5.74) is 0.851. The third-order valence-corrected chi connectivity index (χ3v) is 3.57. The quantitative estimate of drug-likeness (QED) is 0.742. The molecule has 0 amide bonds. The summed E-state index contributed by atoms with van der Waals surface area (Å²) in [5.74, 6) is 0. The Hall–Kier alpha value is -0.420. The number of hydrogen-bond donors (Lipinski definition) is 0. The Kier molecular flexibility index (Phi) is 3.75. The van der Waals surface area contributed by atoms with Crippen molar-refractivity contribution >= 4 is 37.5 Å². The van der Waals surface area contributed by atoms with E-state index < -0.39 is 0 Å². The molecule has 0 aliphatic carbocycles. The van der Waals surface area contributed by atoms with Crippen molar-refractivity contribution in [3.05, 3.63) is 27.1 Å². The van der Waals surface area contributed by atoms with E-state index in [-0.39, 0.29) is 0 Å². The molecule has 1 aliphatic rings. The van der Waals surface area contributed by atoms with Gasteiger partial charge in [0, 0.05) is 22.0 Å². The van der Waals surface area contributed by atoms with E-state index in [2.05, 4.69) is 42.2 Å². The SMILES string of the molecule is Brc1cccc(Br)c1N=NN1CCCC1. The zero-order valence-electron chi connectivity index (χ0n) is 8.16. The highest BCUT2D eigenvalue weighted by Gasteiger charge is 2.09. The second kappa shape index (κ2) is 5.07.